The molecule has 0 unspecified atom stereocenters. The molecule has 5 heteroatoms. The molecule has 3 rings (SSSR count). The zero-order valence-electron chi connectivity index (χ0n) is 14.5. The predicted molar refractivity (Wildman–Crippen MR) is 102 cm³/mol. The van der Waals surface area contributed by atoms with Crippen molar-refractivity contribution in [1.82, 2.24) is 0 Å². The van der Waals surface area contributed by atoms with Gasteiger partial charge in [0, 0.05) is 11.0 Å². The van der Waals surface area contributed by atoms with Crippen LogP contribution in [0, 0.1) is 0 Å². The molecule has 0 aliphatic rings. The zero-order chi connectivity index (χ0) is 18.9. The van der Waals surface area contributed by atoms with Crippen LogP contribution in [-0.2, 0) is 15.5 Å². The summed E-state index contributed by atoms with van der Waals surface area (Å²) in [5, 5.41) is 10.7. The topological polar surface area (TPSA) is 74.6 Å². The number of benzene rings is 3. The fraction of sp³-hybridized carbons (Fsp3) is 0.143. The average molecular weight is 368 g/mol. The van der Waals surface area contributed by atoms with Crippen LogP contribution in [0.15, 0.2) is 77.7 Å². The first-order valence-electron chi connectivity index (χ1n) is 8.17. The Labute approximate surface area is 153 Å². The van der Waals surface area contributed by atoms with Gasteiger partial charge >= 0.3 is 0 Å². The lowest BCUT2D eigenvalue weighted by Gasteiger charge is -2.28. The summed E-state index contributed by atoms with van der Waals surface area (Å²) in [6.07, 6.45) is 0. The van der Waals surface area contributed by atoms with Gasteiger partial charge in [-0.25, -0.2) is 0 Å². The van der Waals surface area contributed by atoms with Gasteiger partial charge in [-0.15, -0.1) is 0 Å². The Balaban J connectivity index is 2.31. The van der Waals surface area contributed by atoms with Gasteiger partial charge in [-0.1, -0.05) is 74.5 Å². The molecule has 3 aromatic carbocycles. The van der Waals surface area contributed by atoms with Crippen molar-refractivity contribution < 1.29 is 18.1 Å². The van der Waals surface area contributed by atoms with Gasteiger partial charge in [-0.05, 0) is 28.8 Å². The van der Waals surface area contributed by atoms with Gasteiger partial charge in [0.15, 0.2) is 0 Å². The summed E-state index contributed by atoms with van der Waals surface area (Å²) in [5.41, 5.74) is 2.08. The third-order valence-corrected chi connectivity index (χ3v) is 5.50. The SMILES string of the molecule is CC(C)(c1ccccc1)c1cc(-c2ccccc2)cc(S(=O)(=O)O)c1O. The van der Waals surface area contributed by atoms with E-state index in [2.05, 4.69) is 0 Å². The molecule has 2 N–H and O–H groups in total. The summed E-state index contributed by atoms with van der Waals surface area (Å²) in [4.78, 5) is -0.488. The summed E-state index contributed by atoms with van der Waals surface area (Å²) in [6, 6.07) is 21.8. The van der Waals surface area contributed by atoms with E-state index in [1.165, 1.54) is 6.07 Å². The van der Waals surface area contributed by atoms with Gasteiger partial charge in [0.05, 0.1) is 0 Å². The first kappa shape index (κ1) is 18.2. The van der Waals surface area contributed by atoms with E-state index >= 15 is 0 Å². The van der Waals surface area contributed by atoms with Crippen LogP contribution in [0.1, 0.15) is 25.0 Å². The van der Waals surface area contributed by atoms with Gasteiger partial charge in [-0.2, -0.15) is 8.42 Å². The standard InChI is InChI=1S/C21H20O4S/c1-21(2,17-11-7-4-8-12-17)18-13-16(15-9-5-3-6-10-15)14-19(20(18)22)26(23,24)25/h3-14,22H,1-2H3,(H,23,24,25). The fourth-order valence-electron chi connectivity index (χ4n) is 3.09. The van der Waals surface area contributed by atoms with Gasteiger partial charge in [0.2, 0.25) is 0 Å². The highest BCUT2D eigenvalue weighted by atomic mass is 32.2. The second-order valence-corrected chi connectivity index (χ2v) is 8.09. The fourth-order valence-corrected chi connectivity index (χ4v) is 3.72. The van der Waals surface area contributed by atoms with Crippen LogP contribution in [0.4, 0.5) is 0 Å². The third-order valence-electron chi connectivity index (χ3n) is 4.63. The highest BCUT2D eigenvalue weighted by Crippen LogP contribution is 2.42. The molecule has 3 aromatic rings. The predicted octanol–water partition coefficient (Wildman–Crippen LogP) is 4.63. The van der Waals surface area contributed by atoms with Gasteiger partial charge in [0.25, 0.3) is 10.1 Å². The molecule has 0 aliphatic heterocycles. The number of phenolic OH excluding ortho intramolecular Hbond substituents is 1. The van der Waals surface area contributed by atoms with Crippen LogP contribution in [0.2, 0.25) is 0 Å². The lowest BCUT2D eigenvalue weighted by atomic mass is 9.77. The van der Waals surface area contributed by atoms with Crippen LogP contribution >= 0.6 is 0 Å². The number of hydrogen-bond donors (Lipinski definition) is 2. The van der Waals surface area contributed by atoms with Crippen LogP contribution < -0.4 is 0 Å². The monoisotopic (exact) mass is 368 g/mol. The van der Waals surface area contributed by atoms with Crippen molar-refractivity contribution >= 4 is 10.1 Å². The van der Waals surface area contributed by atoms with Crippen LogP contribution in [-0.4, -0.2) is 18.1 Å². The molecule has 134 valence electrons. The Kier molecular flexibility index (Phi) is 4.61. The van der Waals surface area contributed by atoms with Crippen molar-refractivity contribution in [2.24, 2.45) is 0 Å². The Morgan fingerprint density at radius 1 is 0.808 bits per heavy atom. The Bertz CT molecular complexity index is 1020. The largest absolute Gasteiger partial charge is 0.506 e. The van der Waals surface area contributed by atoms with E-state index in [1.54, 1.807) is 6.07 Å². The van der Waals surface area contributed by atoms with E-state index in [4.69, 9.17) is 0 Å². The molecule has 0 saturated carbocycles. The Morgan fingerprint density at radius 3 is 1.88 bits per heavy atom. The molecule has 0 heterocycles. The molecule has 0 spiro atoms. The quantitative estimate of drug-likeness (QED) is 0.658. The molecular weight excluding hydrogens is 348 g/mol. The van der Waals surface area contributed by atoms with Crippen molar-refractivity contribution in [3.63, 3.8) is 0 Å². The Morgan fingerprint density at radius 2 is 1.35 bits per heavy atom. The van der Waals surface area contributed by atoms with Gasteiger partial charge in [-0.3, -0.25) is 4.55 Å². The summed E-state index contributed by atoms with van der Waals surface area (Å²) in [7, 11) is -4.58. The molecule has 0 saturated heterocycles. The zero-order valence-corrected chi connectivity index (χ0v) is 15.4. The average Bonchev–Trinajstić information content (AvgIpc) is 2.62. The summed E-state index contributed by atoms with van der Waals surface area (Å²) in [5.74, 6) is -0.430. The number of aromatic hydroxyl groups is 1. The second kappa shape index (κ2) is 6.59. The molecule has 4 nitrogen and oxygen atoms in total. The second-order valence-electron chi connectivity index (χ2n) is 6.70. The van der Waals surface area contributed by atoms with E-state index in [1.807, 2.05) is 74.5 Å². The molecule has 0 radical (unpaired) electrons. The smallest absolute Gasteiger partial charge is 0.298 e. The van der Waals surface area contributed by atoms with E-state index in [9.17, 15) is 18.1 Å². The van der Waals surface area contributed by atoms with E-state index in [0.29, 0.717) is 11.1 Å². The third kappa shape index (κ3) is 3.36. The molecular formula is C21H20O4S. The normalized spacial score (nSPS) is 12.1. The maximum atomic E-state index is 11.8. The summed E-state index contributed by atoms with van der Waals surface area (Å²) >= 11 is 0. The molecule has 26 heavy (non-hydrogen) atoms. The highest BCUT2D eigenvalue weighted by Gasteiger charge is 2.30. The molecule has 0 amide bonds. The number of rotatable bonds is 4. The van der Waals surface area contributed by atoms with Gasteiger partial charge < -0.3 is 5.11 Å². The molecule has 0 aliphatic carbocycles. The molecule has 0 fully saturated rings. The maximum absolute atomic E-state index is 11.8. The lowest BCUT2D eigenvalue weighted by molar-refractivity contribution is 0.427. The minimum Gasteiger partial charge on any atom is -0.506 e. The molecule has 0 bridgehead atoms. The first-order chi connectivity index (χ1) is 12.2. The Hall–Kier alpha value is -2.63. The molecule has 0 atom stereocenters. The van der Waals surface area contributed by atoms with Crippen molar-refractivity contribution in [3.8, 4) is 16.9 Å². The van der Waals surface area contributed by atoms with E-state index in [-0.39, 0.29) is 0 Å². The number of hydrogen-bond acceptors (Lipinski definition) is 3. The van der Waals surface area contributed by atoms with Crippen LogP contribution in [0.3, 0.4) is 0 Å². The lowest BCUT2D eigenvalue weighted by Crippen LogP contribution is -2.20. The first-order valence-corrected chi connectivity index (χ1v) is 9.61. The number of phenols is 1. The van der Waals surface area contributed by atoms with Crippen LogP contribution in [0.25, 0.3) is 11.1 Å². The van der Waals surface area contributed by atoms with Crippen molar-refractivity contribution in [1.29, 1.82) is 0 Å². The van der Waals surface area contributed by atoms with Crippen molar-refractivity contribution in [3.05, 3.63) is 83.9 Å². The minimum absolute atomic E-state index is 0.428. The van der Waals surface area contributed by atoms with Crippen LogP contribution in [0.5, 0.6) is 5.75 Å². The molecule has 0 aromatic heterocycles. The minimum atomic E-state index is -4.58. The summed E-state index contributed by atoms with van der Waals surface area (Å²) < 4.78 is 33.3. The maximum Gasteiger partial charge on any atom is 0.298 e. The van der Waals surface area contributed by atoms with E-state index in [0.717, 1.165) is 11.1 Å². The van der Waals surface area contributed by atoms with E-state index < -0.39 is 26.2 Å². The van der Waals surface area contributed by atoms with Gasteiger partial charge in [0.1, 0.15) is 10.6 Å². The van der Waals surface area contributed by atoms with Crippen molar-refractivity contribution in [2.75, 3.05) is 0 Å². The highest BCUT2D eigenvalue weighted by molar-refractivity contribution is 7.86. The van der Waals surface area contributed by atoms with Crippen molar-refractivity contribution in [2.45, 2.75) is 24.2 Å². The summed E-state index contributed by atoms with van der Waals surface area (Å²) in [6.45, 7) is 3.81.